The number of nitrogens with zero attached hydrogens (tertiary/aromatic N) is 6. The summed E-state index contributed by atoms with van der Waals surface area (Å²) in [7, 11) is 0. The topological polar surface area (TPSA) is 61.4 Å². The van der Waals surface area contributed by atoms with Crippen LogP contribution in [0, 0.1) is 0 Å². The minimum absolute atomic E-state index is 0.543. The van der Waals surface area contributed by atoms with Gasteiger partial charge in [0.25, 0.3) is 0 Å². The Bertz CT molecular complexity index is 2820. The zero-order chi connectivity index (χ0) is 31.6. The van der Waals surface area contributed by atoms with Crippen molar-refractivity contribution in [1.82, 2.24) is 29.1 Å². The predicted molar refractivity (Wildman–Crippen MR) is 195 cm³/mol. The van der Waals surface area contributed by atoms with Gasteiger partial charge in [-0.05, 0) is 24.3 Å². The highest BCUT2D eigenvalue weighted by Crippen LogP contribution is 2.41. The first-order chi connectivity index (χ1) is 23.8. The summed E-state index contributed by atoms with van der Waals surface area (Å²) in [4.78, 5) is 20.5. The fourth-order valence-electron chi connectivity index (χ4n) is 7.10. The van der Waals surface area contributed by atoms with E-state index in [1.807, 2.05) is 54.7 Å². The molecule has 0 N–H and O–H groups in total. The van der Waals surface area contributed by atoms with Crippen molar-refractivity contribution in [1.29, 1.82) is 0 Å². The maximum Gasteiger partial charge on any atom is 0.237 e. The van der Waals surface area contributed by atoms with Crippen LogP contribution in [0.2, 0.25) is 0 Å². The van der Waals surface area contributed by atoms with E-state index in [9.17, 15) is 0 Å². The third-order valence-electron chi connectivity index (χ3n) is 9.20. The zero-order valence-electron chi connectivity index (χ0n) is 25.7. The molecule has 10 aromatic rings. The van der Waals surface area contributed by atoms with Crippen LogP contribution in [0.3, 0.4) is 0 Å². The molecule has 0 radical (unpaired) electrons. The predicted octanol–water partition coefficient (Wildman–Crippen LogP) is 9.95. The highest BCUT2D eigenvalue weighted by atomic mass is 15.2. The molecule has 224 valence electrons. The van der Waals surface area contributed by atoms with E-state index in [1.165, 1.54) is 10.8 Å². The van der Waals surface area contributed by atoms with E-state index < -0.39 is 0 Å². The number of fused-ring (bicyclic) bond motifs is 8. The van der Waals surface area contributed by atoms with Gasteiger partial charge in [0, 0.05) is 38.4 Å². The minimum atomic E-state index is 0.543. The molecule has 0 aliphatic carbocycles. The second-order valence-corrected chi connectivity index (χ2v) is 11.9. The molecule has 0 amide bonds. The third kappa shape index (κ3) is 3.93. The lowest BCUT2D eigenvalue weighted by Crippen LogP contribution is -2.06. The Morgan fingerprint density at radius 1 is 0.417 bits per heavy atom. The van der Waals surface area contributed by atoms with E-state index in [2.05, 4.69) is 112 Å². The van der Waals surface area contributed by atoms with Gasteiger partial charge in [-0.3, -0.25) is 4.57 Å². The maximum absolute atomic E-state index is 5.32. The molecule has 0 spiro atoms. The molecule has 48 heavy (non-hydrogen) atoms. The van der Waals surface area contributed by atoms with Gasteiger partial charge in [-0.2, -0.15) is 4.98 Å². The van der Waals surface area contributed by atoms with Crippen molar-refractivity contribution < 1.29 is 0 Å². The molecule has 0 aliphatic rings. The van der Waals surface area contributed by atoms with Crippen molar-refractivity contribution in [3.63, 3.8) is 0 Å². The van der Waals surface area contributed by atoms with Crippen LogP contribution in [0.1, 0.15) is 0 Å². The van der Waals surface area contributed by atoms with E-state index in [4.69, 9.17) is 19.9 Å². The van der Waals surface area contributed by atoms with Gasteiger partial charge < -0.3 is 4.57 Å². The zero-order valence-corrected chi connectivity index (χ0v) is 25.7. The van der Waals surface area contributed by atoms with E-state index in [1.54, 1.807) is 0 Å². The molecule has 6 heteroatoms. The molecule has 10 rings (SSSR count). The number of benzene rings is 6. The molecule has 0 saturated heterocycles. The molecule has 6 aromatic carbocycles. The van der Waals surface area contributed by atoms with Gasteiger partial charge in [0.1, 0.15) is 11.2 Å². The van der Waals surface area contributed by atoms with Gasteiger partial charge >= 0.3 is 0 Å². The van der Waals surface area contributed by atoms with Gasteiger partial charge in [0.05, 0.1) is 34.0 Å². The molecule has 0 unspecified atom stereocenters. The Morgan fingerprint density at radius 2 is 0.958 bits per heavy atom. The Labute approximate surface area is 275 Å². The summed E-state index contributed by atoms with van der Waals surface area (Å²) in [5.74, 6) is 0.546. The standard InChI is InChI=1S/C42H26N6/c1-4-14-27(15-5-1)34-26-43-38-37(28-16-6-2-7-17-28)45-42(46-41(38)44-34)48-36-23-13-11-21-31(36)33-25-24-32-30-20-10-12-22-35(30)47(39(32)40(33)48)29-18-8-3-9-19-29/h1-26H. The number of para-hydroxylation sites is 3. The highest BCUT2D eigenvalue weighted by Gasteiger charge is 2.23. The van der Waals surface area contributed by atoms with Gasteiger partial charge in [0.2, 0.25) is 5.95 Å². The molecule has 0 saturated carbocycles. The first-order valence-electron chi connectivity index (χ1n) is 16.0. The van der Waals surface area contributed by atoms with Crippen LogP contribution >= 0.6 is 0 Å². The van der Waals surface area contributed by atoms with Crippen molar-refractivity contribution in [2.75, 3.05) is 0 Å². The smallest absolute Gasteiger partial charge is 0.237 e. The second kappa shape index (κ2) is 10.4. The van der Waals surface area contributed by atoms with Crippen LogP contribution in [0.15, 0.2) is 158 Å². The largest absolute Gasteiger partial charge is 0.307 e. The second-order valence-electron chi connectivity index (χ2n) is 11.9. The summed E-state index contributed by atoms with van der Waals surface area (Å²) >= 11 is 0. The fraction of sp³-hybridized carbons (Fsp3) is 0. The SMILES string of the molecule is c1ccc(-c2cnc3c(-c4ccccc4)nc(-n4c5ccccc5c5ccc6c7ccccc7n(-c7ccccc7)c6c54)nc3n2)cc1. The van der Waals surface area contributed by atoms with Crippen LogP contribution in [0.25, 0.3) is 88.9 Å². The van der Waals surface area contributed by atoms with E-state index in [0.29, 0.717) is 17.1 Å². The van der Waals surface area contributed by atoms with Gasteiger partial charge in [0.15, 0.2) is 5.65 Å². The molecule has 4 heterocycles. The first-order valence-corrected chi connectivity index (χ1v) is 16.0. The van der Waals surface area contributed by atoms with Crippen molar-refractivity contribution >= 4 is 54.8 Å². The van der Waals surface area contributed by atoms with Crippen LogP contribution in [0.5, 0.6) is 0 Å². The molecule has 0 bridgehead atoms. The van der Waals surface area contributed by atoms with E-state index in [-0.39, 0.29) is 0 Å². The molecular formula is C42H26N6. The summed E-state index contributed by atoms with van der Waals surface area (Å²) in [5.41, 5.74) is 10.1. The summed E-state index contributed by atoms with van der Waals surface area (Å²) in [6.07, 6.45) is 1.81. The van der Waals surface area contributed by atoms with Gasteiger partial charge in [-0.1, -0.05) is 127 Å². The highest BCUT2D eigenvalue weighted by molar-refractivity contribution is 6.23. The molecule has 6 nitrogen and oxygen atoms in total. The van der Waals surface area contributed by atoms with Crippen LogP contribution < -0.4 is 0 Å². The Balaban J connectivity index is 1.38. The quantitative estimate of drug-likeness (QED) is 0.198. The lowest BCUT2D eigenvalue weighted by Gasteiger charge is -2.13. The van der Waals surface area contributed by atoms with Crippen LogP contribution in [-0.4, -0.2) is 29.1 Å². The number of rotatable bonds is 4. The van der Waals surface area contributed by atoms with Crippen molar-refractivity contribution in [3.8, 4) is 34.2 Å². The summed E-state index contributed by atoms with van der Waals surface area (Å²) in [6.45, 7) is 0. The lowest BCUT2D eigenvalue weighted by molar-refractivity contribution is 0.998. The van der Waals surface area contributed by atoms with Crippen molar-refractivity contribution in [3.05, 3.63) is 158 Å². The normalized spacial score (nSPS) is 11.8. The summed E-state index contributed by atoms with van der Waals surface area (Å²) in [5, 5.41) is 4.62. The van der Waals surface area contributed by atoms with Crippen LogP contribution in [0.4, 0.5) is 0 Å². The Kier molecular flexibility index (Phi) is 5.77. The summed E-state index contributed by atoms with van der Waals surface area (Å²) in [6, 6.07) is 52.5. The van der Waals surface area contributed by atoms with E-state index >= 15 is 0 Å². The Hall–Kier alpha value is -6.66. The van der Waals surface area contributed by atoms with Crippen molar-refractivity contribution in [2.45, 2.75) is 0 Å². The number of aromatic nitrogens is 6. The monoisotopic (exact) mass is 614 g/mol. The molecule has 4 aromatic heterocycles. The fourth-order valence-corrected chi connectivity index (χ4v) is 7.10. The molecule has 0 fully saturated rings. The average Bonchev–Trinajstić information content (AvgIpc) is 3.68. The van der Waals surface area contributed by atoms with E-state index in [0.717, 1.165) is 61.0 Å². The average molecular weight is 615 g/mol. The maximum atomic E-state index is 5.32. The van der Waals surface area contributed by atoms with Gasteiger partial charge in [-0.25, -0.2) is 15.0 Å². The molecular weight excluding hydrogens is 589 g/mol. The minimum Gasteiger partial charge on any atom is -0.307 e. The summed E-state index contributed by atoms with van der Waals surface area (Å²) < 4.78 is 4.59. The molecule has 0 atom stereocenters. The third-order valence-corrected chi connectivity index (χ3v) is 9.20. The number of hydrogen-bond donors (Lipinski definition) is 0. The first kappa shape index (κ1) is 26.5. The Morgan fingerprint density at radius 3 is 1.62 bits per heavy atom. The number of hydrogen-bond acceptors (Lipinski definition) is 4. The van der Waals surface area contributed by atoms with Gasteiger partial charge in [-0.15, -0.1) is 0 Å². The van der Waals surface area contributed by atoms with Crippen molar-refractivity contribution in [2.24, 2.45) is 0 Å². The molecule has 0 aliphatic heterocycles. The lowest BCUT2D eigenvalue weighted by atomic mass is 10.1. The van der Waals surface area contributed by atoms with Crippen LogP contribution in [-0.2, 0) is 0 Å².